The fourth-order valence-electron chi connectivity index (χ4n) is 6.41. The highest BCUT2D eigenvalue weighted by Crippen LogP contribution is 2.33. The maximum atomic E-state index is 13.2. The SMILES string of the molecule is Cn1ccc2c(CN3CCC(n4ccnc4)CC3)cc(-c3ccc4c(c3)CN(C3CCC(=O)NC3=O)C4=O)nc21. The molecule has 0 saturated carbocycles. The van der Waals surface area contributed by atoms with Crippen molar-refractivity contribution in [3.05, 3.63) is 71.9 Å². The molecular weight excluding hydrogens is 506 g/mol. The molecule has 4 aromatic rings. The van der Waals surface area contributed by atoms with Gasteiger partial charge in [0, 0.05) is 80.8 Å². The van der Waals surface area contributed by atoms with Crippen LogP contribution in [0.5, 0.6) is 0 Å². The lowest BCUT2D eigenvalue weighted by Gasteiger charge is -2.32. The molecule has 2 saturated heterocycles. The summed E-state index contributed by atoms with van der Waals surface area (Å²) in [6.07, 6.45) is 10.6. The van der Waals surface area contributed by atoms with Gasteiger partial charge < -0.3 is 14.0 Å². The number of benzene rings is 1. The normalized spacial score (nSPS) is 20.4. The number of hydrogen-bond donors (Lipinski definition) is 1. The lowest BCUT2D eigenvalue weighted by Crippen LogP contribution is -2.52. The molecule has 10 nitrogen and oxygen atoms in total. The number of nitrogens with zero attached hydrogens (tertiary/aromatic N) is 6. The van der Waals surface area contributed by atoms with Gasteiger partial charge in [-0.1, -0.05) is 6.07 Å². The molecule has 1 N–H and O–H groups in total. The van der Waals surface area contributed by atoms with E-state index in [1.807, 2.05) is 37.8 Å². The van der Waals surface area contributed by atoms with E-state index in [1.54, 1.807) is 4.90 Å². The molecule has 0 aliphatic carbocycles. The van der Waals surface area contributed by atoms with Gasteiger partial charge in [-0.2, -0.15) is 0 Å². The van der Waals surface area contributed by atoms with E-state index >= 15 is 0 Å². The van der Waals surface area contributed by atoms with Gasteiger partial charge in [-0.05, 0) is 54.7 Å². The van der Waals surface area contributed by atoms with E-state index < -0.39 is 11.9 Å². The molecule has 40 heavy (non-hydrogen) atoms. The monoisotopic (exact) mass is 537 g/mol. The van der Waals surface area contributed by atoms with Crippen LogP contribution in [0.2, 0.25) is 0 Å². The molecule has 1 atom stereocenters. The van der Waals surface area contributed by atoms with Crippen LogP contribution in [0.1, 0.15) is 53.2 Å². The summed E-state index contributed by atoms with van der Waals surface area (Å²) in [7, 11) is 2.01. The Morgan fingerprint density at radius 1 is 1.02 bits per heavy atom. The first kappa shape index (κ1) is 24.7. The molecule has 1 unspecified atom stereocenters. The third kappa shape index (κ3) is 4.28. The smallest absolute Gasteiger partial charge is 0.255 e. The number of hydrogen-bond acceptors (Lipinski definition) is 6. The first-order valence-corrected chi connectivity index (χ1v) is 13.9. The zero-order valence-corrected chi connectivity index (χ0v) is 22.4. The number of nitrogens with one attached hydrogen (secondary N) is 1. The maximum Gasteiger partial charge on any atom is 0.255 e. The second-order valence-corrected chi connectivity index (χ2v) is 11.1. The zero-order valence-electron chi connectivity index (χ0n) is 22.4. The largest absolute Gasteiger partial charge is 0.336 e. The topological polar surface area (TPSA) is 105 Å². The zero-order chi connectivity index (χ0) is 27.4. The number of pyridine rings is 1. The molecule has 2 fully saturated rings. The highest BCUT2D eigenvalue weighted by molar-refractivity contribution is 6.05. The number of aryl methyl sites for hydroxylation is 1. The van der Waals surface area contributed by atoms with Crippen molar-refractivity contribution in [1.29, 1.82) is 0 Å². The van der Waals surface area contributed by atoms with Crippen LogP contribution in [0.25, 0.3) is 22.3 Å². The van der Waals surface area contributed by atoms with Crippen molar-refractivity contribution >= 4 is 28.8 Å². The molecule has 3 aliphatic heterocycles. The summed E-state index contributed by atoms with van der Waals surface area (Å²) >= 11 is 0. The minimum Gasteiger partial charge on any atom is -0.336 e. The first-order chi connectivity index (χ1) is 19.4. The Labute approximate surface area is 231 Å². The molecule has 10 heteroatoms. The molecule has 3 amide bonds. The van der Waals surface area contributed by atoms with Gasteiger partial charge in [0.05, 0.1) is 12.0 Å². The number of carbonyl (C=O) groups is 3. The van der Waals surface area contributed by atoms with Crippen molar-refractivity contribution < 1.29 is 14.4 Å². The third-order valence-electron chi connectivity index (χ3n) is 8.64. The maximum absolute atomic E-state index is 13.2. The van der Waals surface area contributed by atoms with E-state index in [0.717, 1.165) is 60.3 Å². The number of imidazole rings is 1. The number of imide groups is 1. The molecule has 1 aromatic carbocycles. The molecule has 0 radical (unpaired) electrons. The van der Waals surface area contributed by atoms with Gasteiger partial charge in [0.25, 0.3) is 5.91 Å². The van der Waals surface area contributed by atoms with E-state index in [0.29, 0.717) is 24.6 Å². The summed E-state index contributed by atoms with van der Waals surface area (Å²) in [4.78, 5) is 50.5. The van der Waals surface area contributed by atoms with Gasteiger partial charge in [0.2, 0.25) is 11.8 Å². The van der Waals surface area contributed by atoms with Crippen LogP contribution in [-0.2, 0) is 29.7 Å². The summed E-state index contributed by atoms with van der Waals surface area (Å²) in [6, 6.07) is 10.0. The fourth-order valence-corrected chi connectivity index (χ4v) is 6.41. The van der Waals surface area contributed by atoms with Crippen LogP contribution in [0.15, 0.2) is 55.2 Å². The van der Waals surface area contributed by atoms with Gasteiger partial charge in [-0.3, -0.25) is 24.6 Å². The Morgan fingerprint density at radius 3 is 2.65 bits per heavy atom. The quantitative estimate of drug-likeness (QED) is 0.393. The van der Waals surface area contributed by atoms with Crippen molar-refractivity contribution in [1.82, 2.24) is 34.2 Å². The Kier molecular flexibility index (Phi) is 6.00. The van der Waals surface area contributed by atoms with E-state index in [-0.39, 0.29) is 18.2 Å². The summed E-state index contributed by atoms with van der Waals surface area (Å²) < 4.78 is 4.27. The van der Waals surface area contributed by atoms with Crippen LogP contribution >= 0.6 is 0 Å². The summed E-state index contributed by atoms with van der Waals surface area (Å²) in [5.41, 5.74) is 5.47. The molecule has 204 valence electrons. The van der Waals surface area contributed by atoms with Crippen molar-refractivity contribution in [2.24, 2.45) is 7.05 Å². The van der Waals surface area contributed by atoms with Crippen LogP contribution in [0.3, 0.4) is 0 Å². The van der Waals surface area contributed by atoms with E-state index in [2.05, 4.69) is 48.9 Å². The summed E-state index contributed by atoms with van der Waals surface area (Å²) in [5.74, 6) is -0.845. The number of rotatable bonds is 5. The number of aromatic nitrogens is 4. The van der Waals surface area contributed by atoms with Gasteiger partial charge >= 0.3 is 0 Å². The Bertz CT molecular complexity index is 1630. The van der Waals surface area contributed by atoms with Gasteiger partial charge in [0.1, 0.15) is 11.7 Å². The van der Waals surface area contributed by atoms with Crippen LogP contribution in [0, 0.1) is 0 Å². The Morgan fingerprint density at radius 2 is 1.88 bits per heavy atom. The highest BCUT2D eigenvalue weighted by Gasteiger charge is 2.39. The second-order valence-electron chi connectivity index (χ2n) is 11.1. The minimum absolute atomic E-state index is 0.165. The minimum atomic E-state index is -0.622. The molecular formula is C30H31N7O3. The molecule has 3 aromatic heterocycles. The van der Waals surface area contributed by atoms with Crippen LogP contribution in [0.4, 0.5) is 0 Å². The van der Waals surface area contributed by atoms with Gasteiger partial charge in [-0.15, -0.1) is 0 Å². The predicted molar refractivity (Wildman–Crippen MR) is 148 cm³/mol. The lowest BCUT2D eigenvalue weighted by molar-refractivity contribution is -0.136. The molecule has 0 spiro atoms. The number of likely N-dealkylation sites (tertiary alicyclic amines) is 1. The third-order valence-corrected chi connectivity index (χ3v) is 8.64. The summed E-state index contributed by atoms with van der Waals surface area (Å²) in [6.45, 7) is 3.23. The van der Waals surface area contributed by atoms with E-state index in [1.165, 1.54) is 5.56 Å². The standard InChI is InChI=1S/C30H31N7O3/c1-34-10-8-23-21(16-35-11-6-22(7-12-35)36-13-9-31-18-36)15-25(32-28(23)34)19-2-3-24-20(14-19)17-37(30(24)40)26-4-5-27(38)33-29(26)39/h2-3,8-10,13-15,18,22,26H,4-7,11-12,16-17H2,1H3,(H,33,38,39). The number of amides is 3. The van der Waals surface area contributed by atoms with E-state index in [9.17, 15) is 14.4 Å². The number of fused-ring (bicyclic) bond motifs is 2. The molecule has 3 aliphatic rings. The molecule has 0 bridgehead atoms. The Hall–Kier alpha value is -4.31. The second kappa shape index (κ2) is 9.71. The fraction of sp³-hybridized carbons (Fsp3) is 0.367. The lowest BCUT2D eigenvalue weighted by atomic mass is 10.0. The van der Waals surface area contributed by atoms with Crippen LogP contribution < -0.4 is 5.32 Å². The molecule has 6 heterocycles. The first-order valence-electron chi connectivity index (χ1n) is 13.9. The average Bonchev–Trinajstić information content (AvgIpc) is 3.69. The van der Waals surface area contributed by atoms with Crippen LogP contribution in [-0.4, -0.2) is 65.8 Å². The predicted octanol–water partition coefficient (Wildman–Crippen LogP) is 3.03. The highest BCUT2D eigenvalue weighted by atomic mass is 16.2. The van der Waals surface area contributed by atoms with Crippen molar-refractivity contribution in [2.45, 2.75) is 50.9 Å². The van der Waals surface area contributed by atoms with Crippen molar-refractivity contribution in [3.63, 3.8) is 0 Å². The summed E-state index contributed by atoms with van der Waals surface area (Å²) in [5, 5.41) is 3.52. The average molecular weight is 538 g/mol. The number of carbonyl (C=O) groups excluding carboxylic acids is 3. The Balaban J connectivity index is 1.15. The van der Waals surface area contributed by atoms with Crippen molar-refractivity contribution in [2.75, 3.05) is 13.1 Å². The molecule has 7 rings (SSSR count). The van der Waals surface area contributed by atoms with Gasteiger partial charge in [0.15, 0.2) is 0 Å². The van der Waals surface area contributed by atoms with Gasteiger partial charge in [-0.25, -0.2) is 9.97 Å². The van der Waals surface area contributed by atoms with E-state index in [4.69, 9.17) is 4.98 Å². The number of piperidine rings is 2. The van der Waals surface area contributed by atoms with Crippen molar-refractivity contribution in [3.8, 4) is 11.3 Å².